The van der Waals surface area contributed by atoms with E-state index in [1.807, 2.05) is 30.3 Å². The molecule has 0 unspecified atom stereocenters. The average molecular weight is 351 g/mol. The van der Waals surface area contributed by atoms with Gasteiger partial charge in [-0.1, -0.05) is 29.8 Å². The molecule has 0 bridgehead atoms. The molecule has 1 saturated heterocycles. The van der Waals surface area contributed by atoms with E-state index in [-0.39, 0.29) is 0 Å². The molecule has 0 saturated carbocycles. The van der Waals surface area contributed by atoms with Gasteiger partial charge in [0.2, 0.25) is 0 Å². The largest absolute Gasteiger partial charge is 0.497 e. The summed E-state index contributed by atoms with van der Waals surface area (Å²) in [4.78, 5) is 2.31. The molecule has 2 aliphatic heterocycles. The number of hydrogen-bond acceptors (Lipinski definition) is 4. The van der Waals surface area contributed by atoms with Crippen molar-refractivity contribution < 1.29 is 14.6 Å². The number of ether oxygens (including phenoxy) is 2. The maximum Gasteiger partial charge on any atom is 0.130 e. The molecule has 26 heavy (non-hydrogen) atoms. The summed E-state index contributed by atoms with van der Waals surface area (Å²) in [6, 6.07) is 14.1. The Balaban J connectivity index is 1.45. The lowest BCUT2D eigenvalue weighted by Crippen LogP contribution is -2.32. The van der Waals surface area contributed by atoms with Crippen LogP contribution in [0.1, 0.15) is 23.1 Å². The normalized spacial score (nSPS) is 22.5. The minimum Gasteiger partial charge on any atom is -0.497 e. The molecule has 0 aromatic heterocycles. The Morgan fingerprint density at radius 3 is 2.77 bits per heavy atom. The average Bonchev–Trinajstić information content (AvgIpc) is 3.03. The molecule has 2 aromatic carbocycles. The molecule has 4 nitrogen and oxygen atoms in total. The Labute approximate surface area is 154 Å². The number of methoxy groups -OCH3 is 1. The van der Waals surface area contributed by atoms with Crippen LogP contribution >= 0.6 is 0 Å². The van der Waals surface area contributed by atoms with E-state index in [0.717, 1.165) is 42.1 Å². The lowest BCUT2D eigenvalue weighted by Gasteiger charge is -2.26. The van der Waals surface area contributed by atoms with Crippen molar-refractivity contribution in [2.45, 2.75) is 18.9 Å². The van der Waals surface area contributed by atoms with Crippen molar-refractivity contribution in [2.24, 2.45) is 0 Å². The predicted octanol–water partition coefficient (Wildman–Crippen LogP) is 3.37. The van der Waals surface area contributed by atoms with E-state index in [1.54, 1.807) is 7.11 Å². The lowest BCUT2D eigenvalue weighted by atomic mass is 9.92. The van der Waals surface area contributed by atoms with E-state index in [2.05, 4.69) is 30.0 Å². The molecule has 136 valence electrons. The van der Waals surface area contributed by atoms with Crippen LogP contribution in [0.5, 0.6) is 11.5 Å². The molecule has 0 radical (unpaired) electrons. The fourth-order valence-electron chi connectivity index (χ4n) is 3.80. The second kappa shape index (κ2) is 6.78. The third kappa shape index (κ3) is 3.35. The van der Waals surface area contributed by atoms with Crippen LogP contribution in [0.15, 0.2) is 48.0 Å². The Morgan fingerprint density at radius 1 is 1.19 bits per heavy atom. The standard InChI is InChI=1S/C22H25NO3/c1-16-3-6-19(7-4-16)22(24)9-10-23(15-22)13-17-11-18-5-8-20(25-2)12-21(18)26-14-17/h3-8,11-12,24H,9-10,13-15H2,1-2H3/t22-/m0/s1. The van der Waals surface area contributed by atoms with Crippen LogP contribution < -0.4 is 9.47 Å². The summed E-state index contributed by atoms with van der Waals surface area (Å²) in [5, 5.41) is 11.1. The van der Waals surface area contributed by atoms with E-state index < -0.39 is 5.60 Å². The molecular weight excluding hydrogens is 326 g/mol. The van der Waals surface area contributed by atoms with Crippen molar-refractivity contribution in [1.29, 1.82) is 0 Å². The summed E-state index contributed by atoms with van der Waals surface area (Å²) >= 11 is 0. The highest BCUT2D eigenvalue weighted by Crippen LogP contribution is 2.34. The van der Waals surface area contributed by atoms with Gasteiger partial charge in [-0.2, -0.15) is 0 Å². The van der Waals surface area contributed by atoms with Gasteiger partial charge < -0.3 is 14.6 Å². The number of rotatable bonds is 4. The van der Waals surface area contributed by atoms with Gasteiger partial charge in [-0.25, -0.2) is 0 Å². The summed E-state index contributed by atoms with van der Waals surface area (Å²) in [6.07, 6.45) is 2.96. The van der Waals surface area contributed by atoms with Crippen LogP contribution in [-0.4, -0.2) is 43.4 Å². The zero-order chi connectivity index (χ0) is 18.1. The van der Waals surface area contributed by atoms with Crippen molar-refractivity contribution in [3.8, 4) is 11.5 Å². The minimum atomic E-state index is -0.755. The van der Waals surface area contributed by atoms with Crippen LogP contribution in [-0.2, 0) is 5.60 Å². The van der Waals surface area contributed by atoms with Crippen molar-refractivity contribution in [3.05, 3.63) is 64.7 Å². The van der Waals surface area contributed by atoms with Crippen LogP contribution in [0.25, 0.3) is 6.08 Å². The molecule has 4 rings (SSSR count). The smallest absolute Gasteiger partial charge is 0.130 e. The zero-order valence-electron chi connectivity index (χ0n) is 15.4. The van der Waals surface area contributed by atoms with Crippen LogP contribution in [0.4, 0.5) is 0 Å². The topological polar surface area (TPSA) is 41.9 Å². The Morgan fingerprint density at radius 2 is 2.00 bits per heavy atom. The summed E-state index contributed by atoms with van der Waals surface area (Å²) in [6.45, 7) is 5.01. The summed E-state index contributed by atoms with van der Waals surface area (Å²) < 4.78 is 11.2. The number of hydrogen-bond donors (Lipinski definition) is 1. The highest BCUT2D eigenvalue weighted by molar-refractivity contribution is 5.64. The lowest BCUT2D eigenvalue weighted by molar-refractivity contribution is 0.0469. The molecule has 0 amide bonds. The number of β-amino-alcohol motifs (C(OH)–C–C–N with tert-alkyl or cyclic N) is 1. The maximum absolute atomic E-state index is 11.1. The predicted molar refractivity (Wildman–Crippen MR) is 103 cm³/mol. The maximum atomic E-state index is 11.1. The Kier molecular flexibility index (Phi) is 4.47. The number of benzene rings is 2. The summed E-state index contributed by atoms with van der Waals surface area (Å²) in [5.74, 6) is 1.67. The van der Waals surface area contributed by atoms with Crippen molar-refractivity contribution in [1.82, 2.24) is 4.90 Å². The van der Waals surface area contributed by atoms with Gasteiger partial charge >= 0.3 is 0 Å². The van der Waals surface area contributed by atoms with Gasteiger partial charge in [-0.15, -0.1) is 0 Å². The molecule has 2 aliphatic rings. The first-order valence-corrected chi connectivity index (χ1v) is 9.08. The zero-order valence-corrected chi connectivity index (χ0v) is 15.4. The third-order valence-electron chi connectivity index (χ3n) is 5.34. The first-order chi connectivity index (χ1) is 12.6. The van der Waals surface area contributed by atoms with Crippen LogP contribution in [0, 0.1) is 6.92 Å². The first-order valence-electron chi connectivity index (χ1n) is 9.08. The highest BCUT2D eigenvalue weighted by atomic mass is 16.5. The molecule has 0 spiro atoms. The number of aliphatic hydroxyl groups is 1. The SMILES string of the molecule is COc1ccc2c(c1)OCC(CN1CC[C@@](O)(c3ccc(C)cc3)C1)=C2. The first kappa shape index (κ1) is 17.1. The highest BCUT2D eigenvalue weighted by Gasteiger charge is 2.37. The second-order valence-corrected chi connectivity index (χ2v) is 7.35. The Hall–Kier alpha value is -2.30. The Bertz CT molecular complexity index is 828. The van der Waals surface area contributed by atoms with Crippen molar-refractivity contribution in [3.63, 3.8) is 0 Å². The van der Waals surface area contributed by atoms with Gasteiger partial charge in [0.15, 0.2) is 0 Å². The quantitative estimate of drug-likeness (QED) is 0.917. The van der Waals surface area contributed by atoms with E-state index in [9.17, 15) is 5.11 Å². The minimum absolute atomic E-state index is 0.583. The summed E-state index contributed by atoms with van der Waals surface area (Å²) in [5.41, 5.74) is 3.79. The van der Waals surface area contributed by atoms with Gasteiger partial charge in [-0.05, 0) is 42.7 Å². The van der Waals surface area contributed by atoms with Gasteiger partial charge in [0.1, 0.15) is 23.7 Å². The molecule has 1 N–H and O–H groups in total. The number of aryl methyl sites for hydroxylation is 1. The molecule has 4 heteroatoms. The van der Waals surface area contributed by atoms with Gasteiger partial charge in [0.05, 0.1) is 7.11 Å². The van der Waals surface area contributed by atoms with E-state index in [4.69, 9.17) is 9.47 Å². The fourth-order valence-corrected chi connectivity index (χ4v) is 3.80. The van der Waals surface area contributed by atoms with Gasteiger partial charge in [0, 0.05) is 31.3 Å². The number of fused-ring (bicyclic) bond motifs is 1. The van der Waals surface area contributed by atoms with E-state index in [1.165, 1.54) is 11.1 Å². The molecule has 1 fully saturated rings. The molecular formula is C22H25NO3. The second-order valence-electron chi connectivity index (χ2n) is 7.35. The summed E-state index contributed by atoms with van der Waals surface area (Å²) in [7, 11) is 1.66. The van der Waals surface area contributed by atoms with E-state index >= 15 is 0 Å². The van der Waals surface area contributed by atoms with Crippen molar-refractivity contribution in [2.75, 3.05) is 33.4 Å². The van der Waals surface area contributed by atoms with Crippen LogP contribution in [0.2, 0.25) is 0 Å². The molecule has 1 atom stereocenters. The monoisotopic (exact) mass is 351 g/mol. The van der Waals surface area contributed by atoms with Crippen molar-refractivity contribution >= 4 is 6.08 Å². The fraction of sp³-hybridized carbons (Fsp3) is 0.364. The van der Waals surface area contributed by atoms with E-state index in [0.29, 0.717) is 13.2 Å². The molecule has 2 heterocycles. The number of likely N-dealkylation sites (tertiary alicyclic amines) is 1. The molecule has 2 aromatic rings. The third-order valence-corrected chi connectivity index (χ3v) is 5.34. The van der Waals surface area contributed by atoms with Gasteiger partial charge in [-0.3, -0.25) is 4.90 Å². The van der Waals surface area contributed by atoms with Gasteiger partial charge in [0.25, 0.3) is 0 Å². The van der Waals surface area contributed by atoms with Crippen LogP contribution in [0.3, 0.4) is 0 Å². The molecule has 0 aliphatic carbocycles. The number of nitrogens with zero attached hydrogens (tertiary/aromatic N) is 1.